The third-order valence-electron chi connectivity index (χ3n) is 3.24. The molecule has 1 rings (SSSR count). The van der Waals surface area contributed by atoms with Crippen molar-refractivity contribution >= 4 is 11.4 Å². The van der Waals surface area contributed by atoms with Crippen LogP contribution in [0.5, 0.6) is 5.75 Å². The Balaban J connectivity index is 2.37. The maximum atomic E-state index is 10.9. The van der Waals surface area contributed by atoms with Gasteiger partial charge >= 0.3 is 5.69 Å². The number of hydrogen-bond donors (Lipinski definition) is 1. The zero-order valence-corrected chi connectivity index (χ0v) is 12.4. The molecule has 0 atom stereocenters. The predicted octanol–water partition coefficient (Wildman–Crippen LogP) is 4.38. The summed E-state index contributed by atoms with van der Waals surface area (Å²) in [7, 11) is 1.44. The third kappa shape index (κ3) is 5.47. The minimum absolute atomic E-state index is 0.000413. The van der Waals surface area contributed by atoms with Gasteiger partial charge in [0.15, 0.2) is 5.75 Å². The number of anilines is 1. The number of nitrogens with one attached hydrogen (secondary N) is 1. The third-order valence-corrected chi connectivity index (χ3v) is 3.24. The number of nitrogens with zero attached hydrogens (tertiary/aromatic N) is 1. The summed E-state index contributed by atoms with van der Waals surface area (Å²) in [5, 5.41) is 14.1. The van der Waals surface area contributed by atoms with Crippen LogP contribution in [0.1, 0.15) is 45.4 Å². The largest absolute Gasteiger partial charge is 0.490 e. The Kier molecular flexibility index (Phi) is 7.47. The van der Waals surface area contributed by atoms with Crippen LogP contribution in [0, 0.1) is 10.1 Å². The summed E-state index contributed by atoms with van der Waals surface area (Å²) >= 11 is 0. The molecule has 0 fully saturated rings. The molecule has 1 aromatic rings. The molecular weight excluding hydrogens is 256 g/mol. The highest BCUT2D eigenvalue weighted by Gasteiger charge is 2.14. The van der Waals surface area contributed by atoms with Crippen molar-refractivity contribution in [3.8, 4) is 5.75 Å². The van der Waals surface area contributed by atoms with Gasteiger partial charge in [0.05, 0.1) is 12.0 Å². The first-order valence-corrected chi connectivity index (χ1v) is 7.25. The van der Waals surface area contributed by atoms with Gasteiger partial charge in [0.1, 0.15) is 0 Å². The summed E-state index contributed by atoms with van der Waals surface area (Å²) in [6, 6.07) is 4.96. The Bertz CT molecular complexity index is 422. The van der Waals surface area contributed by atoms with Crippen molar-refractivity contribution in [2.75, 3.05) is 19.0 Å². The number of hydrogen-bond acceptors (Lipinski definition) is 4. The van der Waals surface area contributed by atoms with E-state index in [0.717, 1.165) is 18.7 Å². The number of nitro benzene ring substituents is 1. The van der Waals surface area contributed by atoms with Crippen LogP contribution in [0.25, 0.3) is 0 Å². The fourth-order valence-electron chi connectivity index (χ4n) is 2.08. The number of benzene rings is 1. The first kappa shape index (κ1) is 16.3. The highest BCUT2D eigenvalue weighted by atomic mass is 16.6. The fraction of sp³-hybridized carbons (Fsp3) is 0.600. The van der Waals surface area contributed by atoms with Crippen LogP contribution in [0.15, 0.2) is 18.2 Å². The van der Waals surface area contributed by atoms with Gasteiger partial charge in [-0.25, -0.2) is 0 Å². The number of nitro groups is 1. The van der Waals surface area contributed by atoms with E-state index in [1.54, 1.807) is 6.07 Å². The van der Waals surface area contributed by atoms with Crippen LogP contribution in [0.3, 0.4) is 0 Å². The van der Waals surface area contributed by atoms with Crippen molar-refractivity contribution in [1.82, 2.24) is 0 Å². The minimum Gasteiger partial charge on any atom is -0.490 e. The van der Waals surface area contributed by atoms with Gasteiger partial charge in [0.2, 0.25) is 0 Å². The first-order chi connectivity index (χ1) is 9.69. The smallest absolute Gasteiger partial charge is 0.312 e. The Morgan fingerprint density at radius 1 is 1.20 bits per heavy atom. The van der Waals surface area contributed by atoms with Gasteiger partial charge in [0, 0.05) is 18.3 Å². The van der Waals surface area contributed by atoms with Crippen LogP contribution >= 0.6 is 0 Å². The summed E-state index contributed by atoms with van der Waals surface area (Å²) in [6.07, 6.45) is 7.41. The molecule has 0 saturated carbocycles. The molecule has 0 aliphatic heterocycles. The predicted molar refractivity (Wildman–Crippen MR) is 81.5 cm³/mol. The van der Waals surface area contributed by atoms with Crippen molar-refractivity contribution in [1.29, 1.82) is 0 Å². The lowest BCUT2D eigenvalue weighted by Gasteiger charge is -2.08. The molecule has 112 valence electrons. The van der Waals surface area contributed by atoms with Gasteiger partial charge in [-0.2, -0.15) is 0 Å². The molecule has 1 aromatic carbocycles. The lowest BCUT2D eigenvalue weighted by molar-refractivity contribution is -0.385. The molecule has 0 spiro atoms. The monoisotopic (exact) mass is 280 g/mol. The second-order valence-electron chi connectivity index (χ2n) is 4.84. The van der Waals surface area contributed by atoms with Gasteiger partial charge in [-0.3, -0.25) is 10.1 Å². The van der Waals surface area contributed by atoms with Gasteiger partial charge in [-0.1, -0.05) is 39.0 Å². The molecule has 0 unspecified atom stereocenters. The van der Waals surface area contributed by atoms with Crippen molar-refractivity contribution in [3.05, 3.63) is 28.3 Å². The van der Waals surface area contributed by atoms with Gasteiger partial charge in [-0.15, -0.1) is 0 Å². The van der Waals surface area contributed by atoms with E-state index in [-0.39, 0.29) is 5.69 Å². The van der Waals surface area contributed by atoms with Crippen molar-refractivity contribution in [2.45, 2.75) is 45.4 Å². The van der Waals surface area contributed by atoms with E-state index in [0.29, 0.717) is 5.75 Å². The summed E-state index contributed by atoms with van der Waals surface area (Å²) in [5.74, 6) is 0.292. The van der Waals surface area contributed by atoms with Crippen molar-refractivity contribution < 1.29 is 9.66 Å². The molecule has 0 amide bonds. The molecule has 0 aliphatic rings. The van der Waals surface area contributed by atoms with Crippen LogP contribution in [-0.4, -0.2) is 18.6 Å². The molecule has 0 radical (unpaired) electrons. The van der Waals surface area contributed by atoms with Gasteiger partial charge in [-0.05, 0) is 18.6 Å². The van der Waals surface area contributed by atoms with E-state index in [9.17, 15) is 10.1 Å². The normalized spacial score (nSPS) is 10.3. The van der Waals surface area contributed by atoms with E-state index in [2.05, 4.69) is 12.2 Å². The molecular formula is C15H24N2O3. The lowest BCUT2D eigenvalue weighted by atomic mass is 10.1. The summed E-state index contributed by atoms with van der Waals surface area (Å²) < 4.78 is 4.97. The fourth-order valence-corrected chi connectivity index (χ4v) is 2.08. The standard InChI is InChI=1S/C15H24N2O3/c1-3-4-5-6-7-8-11-16-13-9-10-15(20-2)14(12-13)17(18)19/h9-10,12,16H,3-8,11H2,1-2H3. The number of ether oxygens (including phenoxy) is 1. The Labute approximate surface area is 120 Å². The Hall–Kier alpha value is -1.78. The van der Waals surface area contributed by atoms with E-state index in [1.165, 1.54) is 45.3 Å². The molecule has 0 bridgehead atoms. The Morgan fingerprint density at radius 3 is 2.55 bits per heavy atom. The van der Waals surface area contributed by atoms with Crippen LogP contribution in [0.2, 0.25) is 0 Å². The van der Waals surface area contributed by atoms with Crippen LogP contribution < -0.4 is 10.1 Å². The lowest BCUT2D eigenvalue weighted by Crippen LogP contribution is -2.02. The number of rotatable bonds is 10. The summed E-state index contributed by atoms with van der Waals surface area (Å²) in [6.45, 7) is 3.05. The van der Waals surface area contributed by atoms with E-state index in [1.807, 2.05) is 6.07 Å². The molecule has 0 aliphatic carbocycles. The molecule has 0 heterocycles. The van der Waals surface area contributed by atoms with Crippen molar-refractivity contribution in [2.24, 2.45) is 0 Å². The minimum atomic E-state index is -0.422. The Morgan fingerprint density at radius 2 is 1.90 bits per heavy atom. The molecule has 0 saturated heterocycles. The maximum absolute atomic E-state index is 10.9. The zero-order chi connectivity index (χ0) is 14.8. The molecule has 5 heteroatoms. The topological polar surface area (TPSA) is 64.4 Å². The second-order valence-corrected chi connectivity index (χ2v) is 4.84. The van der Waals surface area contributed by atoms with Gasteiger partial charge < -0.3 is 10.1 Å². The number of unbranched alkanes of at least 4 members (excludes halogenated alkanes) is 5. The SMILES string of the molecule is CCCCCCCCNc1ccc(OC)c([N+](=O)[O-])c1. The van der Waals surface area contributed by atoms with E-state index in [4.69, 9.17) is 4.74 Å². The molecule has 0 aromatic heterocycles. The molecule has 1 N–H and O–H groups in total. The maximum Gasteiger partial charge on any atom is 0.312 e. The average molecular weight is 280 g/mol. The highest BCUT2D eigenvalue weighted by Crippen LogP contribution is 2.29. The highest BCUT2D eigenvalue weighted by molar-refractivity contribution is 5.58. The van der Waals surface area contributed by atoms with Crippen LogP contribution in [0.4, 0.5) is 11.4 Å². The quantitative estimate of drug-likeness (QED) is 0.392. The van der Waals surface area contributed by atoms with Gasteiger partial charge in [0.25, 0.3) is 0 Å². The first-order valence-electron chi connectivity index (χ1n) is 7.25. The summed E-state index contributed by atoms with van der Waals surface area (Å²) in [4.78, 5) is 10.5. The zero-order valence-electron chi connectivity index (χ0n) is 12.4. The molecule has 5 nitrogen and oxygen atoms in total. The van der Waals surface area contributed by atoms with Crippen LogP contribution in [-0.2, 0) is 0 Å². The second kappa shape index (κ2) is 9.18. The molecule has 20 heavy (non-hydrogen) atoms. The van der Waals surface area contributed by atoms with E-state index >= 15 is 0 Å². The van der Waals surface area contributed by atoms with Crippen molar-refractivity contribution in [3.63, 3.8) is 0 Å². The number of methoxy groups -OCH3 is 1. The summed E-state index contributed by atoms with van der Waals surface area (Å²) in [5.41, 5.74) is 0.770. The average Bonchev–Trinajstić information content (AvgIpc) is 2.46. The van der Waals surface area contributed by atoms with E-state index < -0.39 is 4.92 Å².